The van der Waals surface area contributed by atoms with E-state index < -0.39 is 23.3 Å². The normalized spacial score (nSPS) is 11.1. The largest absolute Gasteiger partial charge is 0.461 e. The van der Waals surface area contributed by atoms with Gasteiger partial charge < -0.3 is 4.74 Å². The van der Waals surface area contributed by atoms with Crippen molar-refractivity contribution < 1.29 is 27.5 Å². The average molecular weight is 246 g/mol. The summed E-state index contributed by atoms with van der Waals surface area (Å²) in [6, 6.07) is 2.32. The third-order valence-electron chi connectivity index (χ3n) is 2.00. The predicted octanol–water partition coefficient (Wildman–Crippen LogP) is 2.29. The first kappa shape index (κ1) is 13.2. The van der Waals surface area contributed by atoms with Crippen molar-refractivity contribution in [3.05, 3.63) is 35.1 Å². The third-order valence-corrected chi connectivity index (χ3v) is 2.00. The zero-order valence-corrected chi connectivity index (χ0v) is 8.88. The van der Waals surface area contributed by atoms with Crippen LogP contribution in [-0.4, -0.2) is 18.9 Å². The molecule has 0 saturated carbocycles. The molecule has 1 aromatic rings. The van der Waals surface area contributed by atoms with Crippen LogP contribution in [0.1, 0.15) is 22.8 Å². The lowest BCUT2D eigenvalue weighted by Gasteiger charge is -2.15. The van der Waals surface area contributed by atoms with Gasteiger partial charge in [0.2, 0.25) is 0 Å². The molecular formula is C11H9F3O3. The summed E-state index contributed by atoms with van der Waals surface area (Å²) in [7, 11) is 0. The molecule has 1 aromatic carbocycles. The van der Waals surface area contributed by atoms with Crippen molar-refractivity contribution in [2.45, 2.75) is 12.8 Å². The molecule has 0 fully saturated rings. The molecule has 0 heterocycles. The fraction of sp³-hybridized carbons (Fsp3) is 0.273. The van der Waals surface area contributed by atoms with Crippen LogP contribution in [0.4, 0.5) is 13.2 Å². The van der Waals surface area contributed by atoms with Crippen molar-refractivity contribution in [2.75, 3.05) is 6.61 Å². The summed E-state index contributed by atoms with van der Waals surface area (Å²) in [5.41, 5.74) is -1.20. The first-order valence-electron chi connectivity index (χ1n) is 4.73. The molecule has 0 aliphatic carbocycles. The fourth-order valence-electron chi connectivity index (χ4n) is 1.19. The van der Waals surface area contributed by atoms with Crippen LogP contribution in [0.3, 0.4) is 0 Å². The Morgan fingerprint density at radius 3 is 2.59 bits per heavy atom. The molecule has 3 nitrogen and oxygen atoms in total. The number of halogens is 3. The van der Waals surface area contributed by atoms with Gasteiger partial charge in [0.05, 0.1) is 12.2 Å². The van der Waals surface area contributed by atoms with E-state index in [9.17, 15) is 22.8 Å². The molecule has 0 bridgehead atoms. The third kappa shape index (κ3) is 2.64. The van der Waals surface area contributed by atoms with Crippen molar-refractivity contribution >= 4 is 12.3 Å². The maximum atomic E-state index is 13.4. The van der Waals surface area contributed by atoms with E-state index in [0.29, 0.717) is 18.4 Å². The van der Waals surface area contributed by atoms with Crippen LogP contribution in [0.2, 0.25) is 0 Å². The Kier molecular flexibility index (Phi) is 3.88. The zero-order chi connectivity index (χ0) is 13.1. The second-order valence-corrected chi connectivity index (χ2v) is 3.15. The van der Waals surface area contributed by atoms with E-state index in [2.05, 4.69) is 4.74 Å². The SMILES string of the molecule is CCOC(=O)C(F)(F)c1ccc(C=O)cc1F. The summed E-state index contributed by atoms with van der Waals surface area (Å²) >= 11 is 0. The highest BCUT2D eigenvalue weighted by atomic mass is 19.3. The highest BCUT2D eigenvalue weighted by Gasteiger charge is 2.44. The number of aldehydes is 1. The summed E-state index contributed by atoms with van der Waals surface area (Å²) in [6.45, 7) is 1.13. The van der Waals surface area contributed by atoms with E-state index in [1.165, 1.54) is 6.92 Å². The van der Waals surface area contributed by atoms with Crippen molar-refractivity contribution in [3.63, 3.8) is 0 Å². The van der Waals surface area contributed by atoms with E-state index in [4.69, 9.17) is 0 Å². The maximum Gasteiger partial charge on any atom is 0.382 e. The van der Waals surface area contributed by atoms with Crippen molar-refractivity contribution in [2.24, 2.45) is 0 Å². The van der Waals surface area contributed by atoms with Gasteiger partial charge in [0, 0.05) is 5.56 Å². The van der Waals surface area contributed by atoms with Gasteiger partial charge >= 0.3 is 11.9 Å². The van der Waals surface area contributed by atoms with E-state index in [-0.39, 0.29) is 12.2 Å². The summed E-state index contributed by atoms with van der Waals surface area (Å²) < 4.78 is 44.3. The minimum atomic E-state index is -4.07. The molecule has 0 amide bonds. The molecule has 0 aromatic heterocycles. The highest BCUT2D eigenvalue weighted by Crippen LogP contribution is 2.31. The first-order valence-corrected chi connectivity index (χ1v) is 4.73. The smallest absolute Gasteiger partial charge is 0.382 e. The fourth-order valence-corrected chi connectivity index (χ4v) is 1.19. The quantitative estimate of drug-likeness (QED) is 0.604. The van der Waals surface area contributed by atoms with Gasteiger partial charge in [-0.15, -0.1) is 0 Å². The Bertz CT molecular complexity index is 444. The number of esters is 1. The Balaban J connectivity index is 3.14. The molecule has 6 heteroatoms. The molecule has 0 N–H and O–H groups in total. The number of ether oxygens (including phenoxy) is 1. The van der Waals surface area contributed by atoms with Crippen LogP contribution in [0, 0.1) is 5.82 Å². The molecular weight excluding hydrogens is 237 g/mol. The number of carbonyl (C=O) groups excluding carboxylic acids is 2. The first-order chi connectivity index (χ1) is 7.93. The van der Waals surface area contributed by atoms with Crippen LogP contribution < -0.4 is 0 Å². The molecule has 1 rings (SSSR count). The van der Waals surface area contributed by atoms with E-state index >= 15 is 0 Å². The minimum absolute atomic E-state index is 0.0918. The predicted molar refractivity (Wildman–Crippen MR) is 52.3 cm³/mol. The molecule has 0 saturated heterocycles. The molecule has 0 aliphatic heterocycles. The Labute approximate surface area is 95.2 Å². The Hall–Kier alpha value is -1.85. The van der Waals surface area contributed by atoms with Crippen LogP contribution >= 0.6 is 0 Å². The van der Waals surface area contributed by atoms with Gasteiger partial charge in [-0.05, 0) is 19.1 Å². The van der Waals surface area contributed by atoms with Gasteiger partial charge in [-0.2, -0.15) is 8.78 Å². The Morgan fingerprint density at radius 1 is 1.47 bits per heavy atom. The number of rotatable bonds is 4. The lowest BCUT2D eigenvalue weighted by atomic mass is 10.1. The summed E-state index contributed by atoms with van der Waals surface area (Å²) in [5.74, 6) is -7.22. The van der Waals surface area contributed by atoms with Gasteiger partial charge in [0.25, 0.3) is 0 Å². The molecule has 0 aliphatic rings. The molecule has 0 atom stereocenters. The van der Waals surface area contributed by atoms with Gasteiger partial charge in [0.15, 0.2) is 0 Å². The number of alkyl halides is 2. The number of benzene rings is 1. The zero-order valence-electron chi connectivity index (χ0n) is 8.88. The van der Waals surface area contributed by atoms with Gasteiger partial charge in [-0.1, -0.05) is 6.07 Å². The molecule has 0 unspecified atom stereocenters. The van der Waals surface area contributed by atoms with Crippen LogP contribution in [-0.2, 0) is 15.5 Å². The second kappa shape index (κ2) is 4.99. The highest BCUT2D eigenvalue weighted by molar-refractivity contribution is 5.80. The van der Waals surface area contributed by atoms with E-state index in [1.54, 1.807) is 0 Å². The second-order valence-electron chi connectivity index (χ2n) is 3.15. The van der Waals surface area contributed by atoms with E-state index in [0.717, 1.165) is 6.07 Å². The topological polar surface area (TPSA) is 43.4 Å². The van der Waals surface area contributed by atoms with Crippen LogP contribution in [0.5, 0.6) is 0 Å². The molecule has 17 heavy (non-hydrogen) atoms. The van der Waals surface area contributed by atoms with Crippen LogP contribution in [0.25, 0.3) is 0 Å². The summed E-state index contributed by atoms with van der Waals surface area (Å²) in [5, 5.41) is 0. The van der Waals surface area contributed by atoms with Gasteiger partial charge in [-0.3, -0.25) is 4.79 Å². The number of hydrogen-bond acceptors (Lipinski definition) is 3. The van der Waals surface area contributed by atoms with Crippen molar-refractivity contribution in [3.8, 4) is 0 Å². The van der Waals surface area contributed by atoms with Gasteiger partial charge in [-0.25, -0.2) is 9.18 Å². The molecule has 0 radical (unpaired) electrons. The number of hydrogen-bond donors (Lipinski definition) is 0. The van der Waals surface area contributed by atoms with Crippen molar-refractivity contribution in [1.82, 2.24) is 0 Å². The molecule has 92 valence electrons. The Morgan fingerprint density at radius 2 is 2.12 bits per heavy atom. The monoisotopic (exact) mass is 246 g/mol. The maximum absolute atomic E-state index is 13.4. The number of carbonyl (C=O) groups is 2. The summed E-state index contributed by atoms with van der Waals surface area (Å²) in [6.07, 6.45) is 0.315. The average Bonchev–Trinajstić information content (AvgIpc) is 2.28. The van der Waals surface area contributed by atoms with Crippen LogP contribution in [0.15, 0.2) is 18.2 Å². The van der Waals surface area contributed by atoms with Crippen molar-refractivity contribution in [1.29, 1.82) is 0 Å². The standard InChI is InChI=1S/C11H9F3O3/c1-2-17-10(16)11(13,14)8-4-3-7(6-15)5-9(8)12/h3-6H,2H2,1H3. The lowest BCUT2D eigenvalue weighted by molar-refractivity contribution is -0.173. The minimum Gasteiger partial charge on any atom is -0.461 e. The van der Waals surface area contributed by atoms with Gasteiger partial charge in [0.1, 0.15) is 12.1 Å². The molecule has 0 spiro atoms. The van der Waals surface area contributed by atoms with E-state index in [1.807, 2.05) is 0 Å². The lowest BCUT2D eigenvalue weighted by Crippen LogP contribution is -2.29. The summed E-state index contributed by atoms with van der Waals surface area (Å²) in [4.78, 5) is 21.3.